The molecule has 0 aliphatic rings. The Labute approximate surface area is 158 Å². The molecule has 4 aromatic rings. The Bertz CT molecular complexity index is 992. The van der Waals surface area contributed by atoms with Crippen molar-refractivity contribution in [3.8, 4) is 0 Å². The van der Waals surface area contributed by atoms with Gasteiger partial charge in [-0.3, -0.25) is 4.79 Å². The van der Waals surface area contributed by atoms with Crippen molar-refractivity contribution in [2.45, 2.75) is 18.9 Å². The van der Waals surface area contributed by atoms with Crippen LogP contribution in [0, 0.1) is 0 Å². The molecule has 4 heteroatoms. The van der Waals surface area contributed by atoms with Crippen LogP contribution in [0.25, 0.3) is 11.0 Å². The summed E-state index contributed by atoms with van der Waals surface area (Å²) in [6, 6.07) is 27.6. The van der Waals surface area contributed by atoms with Crippen molar-refractivity contribution in [3.05, 3.63) is 102 Å². The molecule has 0 spiro atoms. The average molecular weight is 355 g/mol. The molecule has 0 fully saturated rings. The summed E-state index contributed by atoms with van der Waals surface area (Å²) in [5, 5.41) is 3.15. The summed E-state index contributed by atoms with van der Waals surface area (Å²) >= 11 is 0. The predicted octanol–water partition coefficient (Wildman–Crippen LogP) is 4.40. The summed E-state index contributed by atoms with van der Waals surface area (Å²) in [5.41, 5.74) is 4.02. The lowest BCUT2D eigenvalue weighted by molar-refractivity contribution is -0.121. The third-order valence-corrected chi connectivity index (χ3v) is 4.60. The third kappa shape index (κ3) is 4.06. The van der Waals surface area contributed by atoms with Crippen LogP contribution in [0.1, 0.15) is 29.4 Å². The maximum Gasteiger partial charge on any atom is 0.221 e. The zero-order valence-electron chi connectivity index (χ0n) is 14.9. The van der Waals surface area contributed by atoms with Gasteiger partial charge in [0.1, 0.15) is 11.9 Å². The highest BCUT2D eigenvalue weighted by atomic mass is 16.1. The van der Waals surface area contributed by atoms with Gasteiger partial charge in [0.2, 0.25) is 5.91 Å². The summed E-state index contributed by atoms with van der Waals surface area (Å²) in [7, 11) is 0. The van der Waals surface area contributed by atoms with E-state index in [1.807, 2.05) is 84.9 Å². The largest absolute Gasteiger partial charge is 0.342 e. The number of carbonyl (C=O) groups is 1. The van der Waals surface area contributed by atoms with Gasteiger partial charge < -0.3 is 10.3 Å². The molecule has 1 aromatic heterocycles. The second-order valence-electron chi connectivity index (χ2n) is 6.54. The van der Waals surface area contributed by atoms with Crippen molar-refractivity contribution in [2.75, 3.05) is 0 Å². The van der Waals surface area contributed by atoms with Gasteiger partial charge in [-0.2, -0.15) is 0 Å². The number of aromatic amines is 1. The van der Waals surface area contributed by atoms with E-state index in [2.05, 4.69) is 10.3 Å². The highest BCUT2D eigenvalue weighted by molar-refractivity contribution is 5.78. The minimum absolute atomic E-state index is 0.00756. The van der Waals surface area contributed by atoms with Gasteiger partial charge in [-0.15, -0.1) is 0 Å². The van der Waals surface area contributed by atoms with E-state index in [1.165, 1.54) is 0 Å². The molecule has 1 unspecified atom stereocenters. The summed E-state index contributed by atoms with van der Waals surface area (Å²) in [5.74, 6) is 0.753. The molecular formula is C23H21N3O. The second kappa shape index (κ2) is 7.87. The smallest absolute Gasteiger partial charge is 0.221 e. The molecule has 134 valence electrons. The number of nitrogens with one attached hydrogen (secondary N) is 2. The highest BCUT2D eigenvalue weighted by Gasteiger charge is 2.20. The van der Waals surface area contributed by atoms with E-state index in [-0.39, 0.29) is 11.9 Å². The summed E-state index contributed by atoms with van der Waals surface area (Å²) in [6.45, 7) is 0. The van der Waals surface area contributed by atoms with Crippen molar-refractivity contribution in [2.24, 2.45) is 0 Å². The van der Waals surface area contributed by atoms with E-state index in [4.69, 9.17) is 4.98 Å². The maximum atomic E-state index is 12.6. The first kappa shape index (κ1) is 17.0. The highest BCUT2D eigenvalue weighted by Crippen LogP contribution is 2.22. The first-order valence-electron chi connectivity index (χ1n) is 9.12. The summed E-state index contributed by atoms with van der Waals surface area (Å²) < 4.78 is 0. The Hall–Kier alpha value is -3.40. The quantitative estimate of drug-likeness (QED) is 0.538. The minimum atomic E-state index is -0.304. The van der Waals surface area contributed by atoms with Gasteiger partial charge in [-0.25, -0.2) is 4.98 Å². The lowest BCUT2D eigenvalue weighted by atomic mass is 10.1. The van der Waals surface area contributed by atoms with Crippen LogP contribution in [-0.4, -0.2) is 15.9 Å². The molecule has 0 radical (unpaired) electrons. The molecule has 27 heavy (non-hydrogen) atoms. The van der Waals surface area contributed by atoms with Crippen molar-refractivity contribution in [1.29, 1.82) is 0 Å². The van der Waals surface area contributed by atoms with Crippen LogP contribution in [0.4, 0.5) is 0 Å². The maximum absolute atomic E-state index is 12.6. The van der Waals surface area contributed by atoms with Crippen LogP contribution in [0.3, 0.4) is 0 Å². The van der Waals surface area contributed by atoms with E-state index in [0.717, 1.165) is 28.0 Å². The summed E-state index contributed by atoms with van der Waals surface area (Å²) in [6.07, 6.45) is 1.15. The van der Waals surface area contributed by atoms with Crippen molar-refractivity contribution < 1.29 is 4.79 Å². The number of fused-ring (bicyclic) bond motifs is 1. The van der Waals surface area contributed by atoms with E-state index in [1.54, 1.807) is 0 Å². The van der Waals surface area contributed by atoms with Gasteiger partial charge in [0.05, 0.1) is 11.0 Å². The molecular weight excluding hydrogens is 334 g/mol. The average Bonchev–Trinajstić information content (AvgIpc) is 3.16. The number of hydrogen-bond acceptors (Lipinski definition) is 2. The second-order valence-corrected chi connectivity index (χ2v) is 6.54. The number of hydrogen-bond donors (Lipinski definition) is 2. The van der Waals surface area contributed by atoms with Gasteiger partial charge in [-0.05, 0) is 29.7 Å². The first-order valence-corrected chi connectivity index (χ1v) is 9.12. The predicted molar refractivity (Wildman–Crippen MR) is 107 cm³/mol. The van der Waals surface area contributed by atoms with Gasteiger partial charge >= 0.3 is 0 Å². The lowest BCUT2D eigenvalue weighted by Crippen LogP contribution is -2.30. The number of aryl methyl sites for hydroxylation is 1. The third-order valence-electron chi connectivity index (χ3n) is 4.60. The molecule has 4 rings (SSSR count). The van der Waals surface area contributed by atoms with Crippen molar-refractivity contribution in [3.63, 3.8) is 0 Å². The number of rotatable bonds is 6. The molecule has 3 aromatic carbocycles. The number of amides is 1. The summed E-state index contributed by atoms with van der Waals surface area (Å²) in [4.78, 5) is 20.7. The molecule has 0 bridgehead atoms. The van der Waals surface area contributed by atoms with Gasteiger partial charge in [0.25, 0.3) is 0 Å². The van der Waals surface area contributed by atoms with Crippen LogP contribution in [0.2, 0.25) is 0 Å². The van der Waals surface area contributed by atoms with E-state index >= 15 is 0 Å². The van der Waals surface area contributed by atoms with Crippen LogP contribution in [-0.2, 0) is 11.2 Å². The zero-order chi connectivity index (χ0) is 18.5. The van der Waals surface area contributed by atoms with Crippen LogP contribution in [0.5, 0.6) is 0 Å². The van der Waals surface area contributed by atoms with E-state index in [0.29, 0.717) is 12.8 Å². The topological polar surface area (TPSA) is 57.8 Å². The minimum Gasteiger partial charge on any atom is -0.342 e. The SMILES string of the molecule is O=C(CCc1ccccc1)NC(c1ccccc1)c1nc2ccccc2[nH]1. The molecule has 2 N–H and O–H groups in total. The van der Waals surface area contributed by atoms with Gasteiger partial charge in [-0.1, -0.05) is 72.8 Å². The molecule has 0 aliphatic heterocycles. The number of aromatic nitrogens is 2. The molecule has 0 saturated carbocycles. The molecule has 1 atom stereocenters. The van der Waals surface area contributed by atoms with Crippen LogP contribution >= 0.6 is 0 Å². The number of carbonyl (C=O) groups excluding carboxylic acids is 1. The number of imidazole rings is 1. The molecule has 4 nitrogen and oxygen atoms in total. The fraction of sp³-hybridized carbons (Fsp3) is 0.130. The van der Waals surface area contributed by atoms with Gasteiger partial charge in [0.15, 0.2) is 0 Å². The number of benzene rings is 3. The molecule has 1 heterocycles. The Morgan fingerprint density at radius 1 is 0.889 bits per heavy atom. The van der Waals surface area contributed by atoms with Crippen molar-refractivity contribution in [1.82, 2.24) is 15.3 Å². The van der Waals surface area contributed by atoms with Crippen LogP contribution < -0.4 is 5.32 Å². The Morgan fingerprint density at radius 2 is 1.56 bits per heavy atom. The fourth-order valence-electron chi connectivity index (χ4n) is 3.20. The Morgan fingerprint density at radius 3 is 2.30 bits per heavy atom. The van der Waals surface area contributed by atoms with Crippen LogP contribution in [0.15, 0.2) is 84.9 Å². The number of nitrogens with zero attached hydrogens (tertiary/aromatic N) is 1. The number of H-pyrrole nitrogens is 1. The standard InChI is InChI=1S/C23H21N3O/c27-21(16-15-17-9-3-1-4-10-17)26-22(18-11-5-2-6-12-18)23-24-19-13-7-8-14-20(19)25-23/h1-14,22H,15-16H2,(H,24,25)(H,26,27). The van der Waals surface area contributed by atoms with E-state index < -0.39 is 0 Å². The number of para-hydroxylation sites is 2. The monoisotopic (exact) mass is 355 g/mol. The zero-order valence-corrected chi connectivity index (χ0v) is 14.9. The van der Waals surface area contributed by atoms with Crippen molar-refractivity contribution >= 4 is 16.9 Å². The molecule has 1 amide bonds. The Balaban J connectivity index is 1.56. The normalized spacial score (nSPS) is 12.0. The molecule has 0 aliphatic carbocycles. The lowest BCUT2D eigenvalue weighted by Gasteiger charge is -2.17. The fourth-order valence-corrected chi connectivity index (χ4v) is 3.20. The Kier molecular flexibility index (Phi) is 4.97. The first-order chi connectivity index (χ1) is 13.3. The van der Waals surface area contributed by atoms with E-state index in [9.17, 15) is 4.79 Å². The van der Waals surface area contributed by atoms with Gasteiger partial charge in [0, 0.05) is 6.42 Å². The molecule has 0 saturated heterocycles.